The lowest BCUT2D eigenvalue weighted by molar-refractivity contribution is -0.113. The number of piperidine rings is 1. The van der Waals surface area contributed by atoms with Gasteiger partial charge in [-0.1, -0.05) is 6.42 Å². The Morgan fingerprint density at radius 1 is 1.55 bits per heavy atom. The first-order valence-electron chi connectivity index (χ1n) is 4.18. The minimum absolute atomic E-state index is 0.0656. The molecule has 0 aromatic heterocycles. The Labute approximate surface area is 67.0 Å². The highest BCUT2D eigenvalue weighted by Crippen LogP contribution is 2.14. The van der Waals surface area contributed by atoms with Gasteiger partial charge in [0.05, 0.1) is 12.6 Å². The molecule has 1 unspecified atom stereocenters. The second kappa shape index (κ2) is 4.46. The van der Waals surface area contributed by atoms with E-state index in [4.69, 9.17) is 5.11 Å². The molecule has 0 aliphatic carbocycles. The summed E-state index contributed by atoms with van der Waals surface area (Å²) in [5.41, 5.74) is 0. The number of hydrogen-bond donors (Lipinski definition) is 1. The van der Waals surface area contributed by atoms with E-state index in [9.17, 15) is 4.79 Å². The number of carbonyl (C=O) groups excluding carboxylic acids is 1. The number of carbonyl (C=O) groups is 1. The Balaban J connectivity index is 2.37. The number of hydrogen-bond acceptors (Lipinski definition) is 3. The molecule has 3 nitrogen and oxygen atoms in total. The fraction of sp³-hybridized carbons (Fsp3) is 0.875. The van der Waals surface area contributed by atoms with Gasteiger partial charge in [0.1, 0.15) is 6.29 Å². The quantitative estimate of drug-likeness (QED) is 0.588. The number of aldehydes is 1. The number of likely N-dealkylation sites (tertiary alicyclic amines) is 1. The molecule has 64 valence electrons. The van der Waals surface area contributed by atoms with E-state index in [-0.39, 0.29) is 12.6 Å². The van der Waals surface area contributed by atoms with Gasteiger partial charge in [0.2, 0.25) is 0 Å². The highest BCUT2D eigenvalue weighted by Gasteiger charge is 2.20. The van der Waals surface area contributed by atoms with Crippen LogP contribution in [0.15, 0.2) is 0 Å². The molecule has 1 fully saturated rings. The smallest absolute Gasteiger partial charge is 0.137 e. The normalized spacial score (nSPS) is 26.8. The fourth-order valence-corrected chi connectivity index (χ4v) is 1.58. The minimum Gasteiger partial charge on any atom is -0.395 e. The second-order valence-corrected chi connectivity index (χ2v) is 2.96. The Morgan fingerprint density at radius 2 is 2.36 bits per heavy atom. The highest BCUT2D eigenvalue weighted by atomic mass is 16.3. The molecule has 0 radical (unpaired) electrons. The molecule has 1 rings (SSSR count). The number of aliphatic hydroxyl groups is 1. The maximum atomic E-state index is 10.5. The predicted molar refractivity (Wildman–Crippen MR) is 42.4 cm³/mol. The zero-order valence-corrected chi connectivity index (χ0v) is 6.70. The number of aliphatic hydroxyl groups excluding tert-OH is 1. The molecule has 0 bridgehead atoms. The van der Waals surface area contributed by atoms with Crippen LogP contribution in [0.1, 0.15) is 19.3 Å². The topological polar surface area (TPSA) is 40.5 Å². The molecule has 0 aromatic carbocycles. The third-order valence-electron chi connectivity index (χ3n) is 2.21. The van der Waals surface area contributed by atoms with E-state index < -0.39 is 0 Å². The monoisotopic (exact) mass is 157 g/mol. The van der Waals surface area contributed by atoms with Crippen molar-refractivity contribution in [3.8, 4) is 0 Å². The first-order valence-corrected chi connectivity index (χ1v) is 4.18. The van der Waals surface area contributed by atoms with Crippen molar-refractivity contribution < 1.29 is 9.90 Å². The molecule has 0 spiro atoms. The van der Waals surface area contributed by atoms with Crippen molar-refractivity contribution in [3.05, 3.63) is 0 Å². The summed E-state index contributed by atoms with van der Waals surface area (Å²) in [6.45, 7) is 1.76. The van der Waals surface area contributed by atoms with Crippen molar-refractivity contribution in [2.45, 2.75) is 25.3 Å². The van der Waals surface area contributed by atoms with Crippen molar-refractivity contribution >= 4 is 6.29 Å². The molecular formula is C8H15NO2. The van der Waals surface area contributed by atoms with Gasteiger partial charge in [-0.2, -0.15) is 0 Å². The van der Waals surface area contributed by atoms with Crippen LogP contribution in [-0.4, -0.2) is 42.0 Å². The van der Waals surface area contributed by atoms with Crippen LogP contribution < -0.4 is 0 Å². The average molecular weight is 157 g/mol. The van der Waals surface area contributed by atoms with Gasteiger partial charge in [-0.25, -0.2) is 0 Å². The molecule has 0 amide bonds. The van der Waals surface area contributed by atoms with Gasteiger partial charge in [0.15, 0.2) is 0 Å². The summed E-state index contributed by atoms with van der Waals surface area (Å²) in [5, 5.41) is 8.67. The summed E-state index contributed by atoms with van der Waals surface area (Å²) in [5.74, 6) is 0. The lowest BCUT2D eigenvalue weighted by Crippen LogP contribution is -2.41. The summed E-state index contributed by atoms with van der Waals surface area (Å²) in [6.07, 6.45) is 4.26. The van der Waals surface area contributed by atoms with Crippen LogP contribution in [0.2, 0.25) is 0 Å². The molecule has 1 saturated heterocycles. The first kappa shape index (κ1) is 8.68. The van der Waals surface area contributed by atoms with Crippen LogP contribution >= 0.6 is 0 Å². The standard InChI is InChI=1S/C8H15NO2/c10-6-5-9-4-2-1-3-8(9)7-11/h7-8,10H,1-6H2. The summed E-state index contributed by atoms with van der Waals surface area (Å²) in [6, 6.07) is 0.0656. The van der Waals surface area contributed by atoms with E-state index in [1.807, 2.05) is 0 Å². The molecule has 1 heterocycles. The van der Waals surface area contributed by atoms with Crippen molar-refractivity contribution in [3.63, 3.8) is 0 Å². The average Bonchev–Trinajstić information content (AvgIpc) is 2.06. The lowest BCUT2D eigenvalue weighted by atomic mass is 10.0. The summed E-state index contributed by atoms with van der Waals surface area (Å²) >= 11 is 0. The molecule has 3 heteroatoms. The number of rotatable bonds is 3. The Kier molecular flexibility index (Phi) is 3.52. The van der Waals surface area contributed by atoms with Gasteiger partial charge in [0, 0.05) is 6.54 Å². The summed E-state index contributed by atoms with van der Waals surface area (Å²) < 4.78 is 0. The molecule has 0 saturated carbocycles. The number of nitrogens with zero attached hydrogens (tertiary/aromatic N) is 1. The SMILES string of the molecule is O=CC1CCCCN1CCO. The van der Waals surface area contributed by atoms with Crippen LogP contribution in [0.25, 0.3) is 0 Å². The molecule has 1 atom stereocenters. The minimum atomic E-state index is 0.0656. The van der Waals surface area contributed by atoms with Gasteiger partial charge in [-0.05, 0) is 19.4 Å². The van der Waals surface area contributed by atoms with Gasteiger partial charge in [-0.15, -0.1) is 0 Å². The van der Waals surface area contributed by atoms with Crippen molar-refractivity contribution in [2.24, 2.45) is 0 Å². The molecule has 0 aromatic rings. The van der Waals surface area contributed by atoms with Gasteiger partial charge in [-0.3, -0.25) is 4.90 Å². The van der Waals surface area contributed by atoms with Gasteiger partial charge >= 0.3 is 0 Å². The predicted octanol–water partition coefficient (Wildman–Crippen LogP) is 0.0321. The maximum absolute atomic E-state index is 10.5. The first-order chi connectivity index (χ1) is 5.38. The van der Waals surface area contributed by atoms with Gasteiger partial charge in [0.25, 0.3) is 0 Å². The third-order valence-corrected chi connectivity index (χ3v) is 2.21. The van der Waals surface area contributed by atoms with Crippen molar-refractivity contribution in [2.75, 3.05) is 19.7 Å². The van der Waals surface area contributed by atoms with Crippen molar-refractivity contribution in [1.82, 2.24) is 4.90 Å². The second-order valence-electron chi connectivity index (χ2n) is 2.96. The van der Waals surface area contributed by atoms with E-state index in [1.165, 1.54) is 0 Å². The van der Waals surface area contributed by atoms with Crippen LogP contribution in [-0.2, 0) is 4.79 Å². The molecule has 11 heavy (non-hydrogen) atoms. The van der Waals surface area contributed by atoms with Crippen molar-refractivity contribution in [1.29, 1.82) is 0 Å². The zero-order chi connectivity index (χ0) is 8.10. The van der Waals surface area contributed by atoms with Crippen LogP contribution in [0.4, 0.5) is 0 Å². The Morgan fingerprint density at radius 3 is 3.00 bits per heavy atom. The summed E-state index contributed by atoms with van der Waals surface area (Å²) in [7, 11) is 0. The van der Waals surface area contributed by atoms with Crippen LogP contribution in [0.3, 0.4) is 0 Å². The fourth-order valence-electron chi connectivity index (χ4n) is 1.58. The largest absolute Gasteiger partial charge is 0.395 e. The van der Waals surface area contributed by atoms with Crippen LogP contribution in [0.5, 0.6) is 0 Å². The molecular weight excluding hydrogens is 142 g/mol. The summed E-state index contributed by atoms with van der Waals surface area (Å²) in [4.78, 5) is 12.6. The van der Waals surface area contributed by atoms with E-state index >= 15 is 0 Å². The lowest BCUT2D eigenvalue weighted by Gasteiger charge is -2.31. The Hall–Kier alpha value is -0.410. The van der Waals surface area contributed by atoms with E-state index in [0.717, 1.165) is 32.1 Å². The molecule has 1 aliphatic rings. The van der Waals surface area contributed by atoms with E-state index in [0.29, 0.717) is 6.54 Å². The van der Waals surface area contributed by atoms with E-state index in [1.54, 1.807) is 0 Å². The molecule has 1 N–H and O–H groups in total. The third kappa shape index (κ3) is 2.27. The maximum Gasteiger partial charge on any atom is 0.137 e. The molecule has 1 aliphatic heterocycles. The highest BCUT2D eigenvalue weighted by molar-refractivity contribution is 5.57. The zero-order valence-electron chi connectivity index (χ0n) is 6.70. The van der Waals surface area contributed by atoms with E-state index in [2.05, 4.69) is 4.90 Å². The van der Waals surface area contributed by atoms with Crippen LogP contribution in [0, 0.1) is 0 Å². The Bertz CT molecular complexity index is 125. The van der Waals surface area contributed by atoms with Gasteiger partial charge < -0.3 is 9.90 Å². The number of β-amino-alcohol motifs (C(OH)–C–C–N with tert-alkyl or cyclic N) is 1.